The summed E-state index contributed by atoms with van der Waals surface area (Å²) < 4.78 is 0. The van der Waals surface area contributed by atoms with E-state index < -0.39 is 0 Å². The van der Waals surface area contributed by atoms with E-state index in [0.29, 0.717) is 18.0 Å². The van der Waals surface area contributed by atoms with Gasteiger partial charge in [-0.1, -0.05) is 35.9 Å². The van der Waals surface area contributed by atoms with E-state index >= 15 is 0 Å². The Labute approximate surface area is 111 Å². The van der Waals surface area contributed by atoms with Gasteiger partial charge in [0.2, 0.25) is 5.91 Å². The first kappa shape index (κ1) is 14.1. The third-order valence-electron chi connectivity index (χ3n) is 2.10. The minimum atomic E-state index is 0.00594. The first-order chi connectivity index (χ1) is 8.08. The zero-order valence-electron chi connectivity index (χ0n) is 9.83. The van der Waals surface area contributed by atoms with E-state index in [4.69, 9.17) is 11.6 Å². The second-order valence-electron chi connectivity index (χ2n) is 3.71. The van der Waals surface area contributed by atoms with Crippen LogP contribution < -0.4 is 5.32 Å². The molecule has 17 heavy (non-hydrogen) atoms. The molecule has 0 bridgehead atoms. The Bertz CT molecular complexity index is 389. The molecule has 4 heteroatoms. The maximum atomic E-state index is 11.4. The average molecular weight is 270 g/mol. The fraction of sp³-hybridized carbons (Fsp3) is 0.308. The lowest BCUT2D eigenvalue weighted by Gasteiger charge is -2.04. The van der Waals surface area contributed by atoms with Gasteiger partial charge in [-0.25, -0.2) is 0 Å². The van der Waals surface area contributed by atoms with Gasteiger partial charge in [0.05, 0.1) is 6.54 Å². The molecule has 0 spiro atoms. The van der Waals surface area contributed by atoms with Crippen LogP contribution in [0, 0.1) is 6.92 Å². The van der Waals surface area contributed by atoms with Crippen molar-refractivity contribution in [3.05, 3.63) is 41.4 Å². The molecule has 1 aromatic carbocycles. The lowest BCUT2D eigenvalue weighted by Crippen LogP contribution is -2.24. The normalized spacial score (nSPS) is 10.0. The number of carbonyl (C=O) groups is 1. The number of hydrogen-bond donors (Lipinski definition) is 1. The van der Waals surface area contributed by atoms with E-state index in [1.54, 1.807) is 11.8 Å². The Balaban J connectivity index is 2.21. The van der Waals surface area contributed by atoms with E-state index in [-0.39, 0.29) is 5.91 Å². The highest BCUT2D eigenvalue weighted by atomic mass is 35.5. The van der Waals surface area contributed by atoms with Crippen molar-refractivity contribution in [3.8, 4) is 0 Å². The summed E-state index contributed by atoms with van der Waals surface area (Å²) in [5.41, 5.74) is 1.24. The number of hydrogen-bond acceptors (Lipinski definition) is 2. The van der Waals surface area contributed by atoms with E-state index in [0.717, 1.165) is 5.75 Å². The highest BCUT2D eigenvalue weighted by Crippen LogP contribution is 2.18. The van der Waals surface area contributed by atoms with Crippen molar-refractivity contribution in [2.75, 3.05) is 12.3 Å². The van der Waals surface area contributed by atoms with E-state index in [1.165, 1.54) is 10.5 Å². The van der Waals surface area contributed by atoms with Crippen LogP contribution in [0.25, 0.3) is 0 Å². The summed E-state index contributed by atoms with van der Waals surface area (Å²) in [6, 6.07) is 8.27. The van der Waals surface area contributed by atoms with Crippen LogP contribution in [-0.2, 0) is 4.79 Å². The standard InChI is InChI=1S/C13H16ClNOS/c1-10-3-5-12(6-4-10)17-8-7-13(16)15-9-11(2)14/h3-6H,2,7-9H2,1H3,(H,15,16). The smallest absolute Gasteiger partial charge is 0.221 e. The highest BCUT2D eigenvalue weighted by molar-refractivity contribution is 7.99. The first-order valence-electron chi connectivity index (χ1n) is 5.37. The summed E-state index contributed by atoms with van der Waals surface area (Å²) in [4.78, 5) is 12.6. The number of nitrogens with one attached hydrogen (secondary N) is 1. The first-order valence-corrected chi connectivity index (χ1v) is 6.74. The van der Waals surface area contributed by atoms with Crippen molar-refractivity contribution in [2.24, 2.45) is 0 Å². The molecule has 0 radical (unpaired) electrons. The van der Waals surface area contributed by atoms with Crippen LogP contribution in [-0.4, -0.2) is 18.2 Å². The molecule has 2 nitrogen and oxygen atoms in total. The molecule has 0 aliphatic heterocycles. The number of halogens is 1. The predicted octanol–water partition coefficient (Wildman–Crippen LogP) is 3.35. The number of rotatable bonds is 6. The molecule has 0 unspecified atom stereocenters. The molecule has 1 amide bonds. The third kappa shape index (κ3) is 6.39. The van der Waals surface area contributed by atoms with Crippen LogP contribution in [0.5, 0.6) is 0 Å². The van der Waals surface area contributed by atoms with Crippen LogP contribution in [0.15, 0.2) is 40.8 Å². The Hall–Kier alpha value is -0.930. The second-order valence-corrected chi connectivity index (χ2v) is 5.41. The molecule has 0 fully saturated rings. The molecule has 0 heterocycles. The third-order valence-corrected chi connectivity index (χ3v) is 3.24. The van der Waals surface area contributed by atoms with Crippen LogP contribution in [0.3, 0.4) is 0 Å². The summed E-state index contributed by atoms with van der Waals surface area (Å²) in [6.45, 7) is 5.91. The van der Waals surface area contributed by atoms with Crippen LogP contribution in [0.4, 0.5) is 0 Å². The van der Waals surface area contributed by atoms with Crippen LogP contribution in [0.2, 0.25) is 0 Å². The van der Waals surface area contributed by atoms with Gasteiger partial charge in [-0.15, -0.1) is 11.8 Å². The number of aryl methyl sites for hydroxylation is 1. The second kappa shape index (κ2) is 7.41. The van der Waals surface area contributed by atoms with Crippen LogP contribution >= 0.6 is 23.4 Å². The number of thioether (sulfide) groups is 1. The Morgan fingerprint density at radius 2 is 2.06 bits per heavy atom. The molecule has 1 aromatic rings. The van der Waals surface area contributed by atoms with Gasteiger partial charge in [-0.2, -0.15) is 0 Å². The van der Waals surface area contributed by atoms with Crippen molar-refractivity contribution in [1.29, 1.82) is 0 Å². The van der Waals surface area contributed by atoms with Crippen molar-refractivity contribution < 1.29 is 4.79 Å². The quantitative estimate of drug-likeness (QED) is 0.803. The van der Waals surface area contributed by atoms with Gasteiger partial charge < -0.3 is 5.32 Å². The minimum Gasteiger partial charge on any atom is -0.351 e. The molecule has 0 aromatic heterocycles. The Kier molecular flexibility index (Phi) is 6.16. The van der Waals surface area contributed by atoms with Gasteiger partial charge in [0, 0.05) is 22.1 Å². The molecule has 0 atom stereocenters. The summed E-state index contributed by atoms with van der Waals surface area (Å²) in [7, 11) is 0. The number of amides is 1. The maximum Gasteiger partial charge on any atom is 0.221 e. The highest BCUT2D eigenvalue weighted by Gasteiger charge is 2.01. The van der Waals surface area contributed by atoms with Crippen molar-refractivity contribution in [3.63, 3.8) is 0 Å². The fourth-order valence-corrected chi connectivity index (χ4v) is 2.10. The molecular formula is C13H16ClNOS. The zero-order valence-corrected chi connectivity index (χ0v) is 11.4. The molecule has 1 N–H and O–H groups in total. The summed E-state index contributed by atoms with van der Waals surface area (Å²) in [5.74, 6) is 0.773. The maximum absolute atomic E-state index is 11.4. The van der Waals surface area contributed by atoms with Gasteiger partial charge in [0.1, 0.15) is 0 Å². The number of benzene rings is 1. The van der Waals surface area contributed by atoms with Crippen molar-refractivity contribution in [2.45, 2.75) is 18.2 Å². The van der Waals surface area contributed by atoms with Gasteiger partial charge in [-0.05, 0) is 19.1 Å². The number of carbonyl (C=O) groups excluding carboxylic acids is 1. The van der Waals surface area contributed by atoms with Gasteiger partial charge >= 0.3 is 0 Å². The average Bonchev–Trinajstić information content (AvgIpc) is 2.29. The topological polar surface area (TPSA) is 29.1 Å². The lowest BCUT2D eigenvalue weighted by molar-refractivity contribution is -0.120. The fourth-order valence-electron chi connectivity index (χ4n) is 1.18. The Morgan fingerprint density at radius 3 is 2.65 bits per heavy atom. The molecular weight excluding hydrogens is 254 g/mol. The lowest BCUT2D eigenvalue weighted by atomic mass is 10.2. The summed E-state index contributed by atoms with van der Waals surface area (Å²) in [5, 5.41) is 3.14. The molecule has 92 valence electrons. The Morgan fingerprint density at radius 1 is 1.41 bits per heavy atom. The summed E-state index contributed by atoms with van der Waals surface area (Å²) >= 11 is 7.23. The SMILES string of the molecule is C=C(Cl)CNC(=O)CCSc1ccc(C)cc1. The summed E-state index contributed by atoms with van der Waals surface area (Å²) in [6.07, 6.45) is 0.489. The minimum absolute atomic E-state index is 0.00594. The molecule has 1 rings (SSSR count). The molecule has 0 saturated carbocycles. The van der Waals surface area contributed by atoms with E-state index in [2.05, 4.69) is 43.1 Å². The molecule has 0 saturated heterocycles. The van der Waals surface area contributed by atoms with Gasteiger partial charge in [0.15, 0.2) is 0 Å². The molecule has 0 aliphatic rings. The molecule has 0 aliphatic carbocycles. The largest absolute Gasteiger partial charge is 0.351 e. The predicted molar refractivity (Wildman–Crippen MR) is 74.5 cm³/mol. The van der Waals surface area contributed by atoms with Gasteiger partial charge in [0.25, 0.3) is 0 Å². The van der Waals surface area contributed by atoms with Crippen LogP contribution in [0.1, 0.15) is 12.0 Å². The van der Waals surface area contributed by atoms with E-state index in [9.17, 15) is 4.79 Å². The van der Waals surface area contributed by atoms with Crippen molar-refractivity contribution in [1.82, 2.24) is 5.32 Å². The monoisotopic (exact) mass is 269 g/mol. The van der Waals surface area contributed by atoms with Gasteiger partial charge in [-0.3, -0.25) is 4.79 Å². The zero-order chi connectivity index (χ0) is 12.7. The van der Waals surface area contributed by atoms with Crippen molar-refractivity contribution >= 4 is 29.3 Å². The van der Waals surface area contributed by atoms with E-state index in [1.807, 2.05) is 0 Å².